The summed E-state index contributed by atoms with van der Waals surface area (Å²) in [7, 11) is 1.90. The van der Waals surface area contributed by atoms with Crippen LogP contribution in [-0.4, -0.2) is 74.4 Å². The Balaban J connectivity index is 1.11. The molecule has 1 saturated heterocycles. The summed E-state index contributed by atoms with van der Waals surface area (Å²) in [5.74, 6) is 1.97. The number of likely N-dealkylation sites (tertiary alicyclic amines) is 1. The van der Waals surface area contributed by atoms with Gasteiger partial charge in [0.25, 0.3) is 0 Å². The Morgan fingerprint density at radius 3 is 2.73 bits per heavy atom. The van der Waals surface area contributed by atoms with E-state index in [1.165, 1.54) is 5.69 Å². The molecule has 11 heteroatoms. The standard InChI is InChI=1S/C34H41N9O2/c1-6-43(7-2)24-10-8-11-25(17-24)45-26-14-15-42(20-26)21-31(44)37-29-13-9-12-27-28(19-35-33(27)29)32-22(3)18-36-34(39-32)38-30-16-23(4)41(5)40-30/h8-13,16-19,26,35H,6-7,14-15,20-21H2,1-5H3,(H,37,44)(H,36,38,39,40). The summed E-state index contributed by atoms with van der Waals surface area (Å²) in [4.78, 5) is 30.3. The van der Waals surface area contributed by atoms with Gasteiger partial charge in [-0.25, -0.2) is 9.97 Å². The number of aromatic amines is 1. The quantitative estimate of drug-likeness (QED) is 0.176. The number of rotatable bonds is 11. The van der Waals surface area contributed by atoms with E-state index in [1.807, 2.05) is 63.5 Å². The van der Waals surface area contributed by atoms with E-state index in [4.69, 9.17) is 9.72 Å². The summed E-state index contributed by atoms with van der Waals surface area (Å²) in [6, 6.07) is 16.1. The minimum atomic E-state index is -0.0572. The molecule has 0 saturated carbocycles. The van der Waals surface area contributed by atoms with Gasteiger partial charge in [0, 0.05) is 80.1 Å². The number of para-hydroxylation sites is 1. The minimum Gasteiger partial charge on any atom is -0.489 e. The van der Waals surface area contributed by atoms with Crippen molar-refractivity contribution >= 4 is 40.0 Å². The van der Waals surface area contributed by atoms with Crippen LogP contribution in [0.15, 0.2) is 60.9 Å². The molecule has 5 aromatic rings. The van der Waals surface area contributed by atoms with Gasteiger partial charge in [0.05, 0.1) is 23.4 Å². The molecule has 45 heavy (non-hydrogen) atoms. The van der Waals surface area contributed by atoms with E-state index in [9.17, 15) is 4.79 Å². The molecule has 3 aromatic heterocycles. The molecule has 3 N–H and O–H groups in total. The van der Waals surface area contributed by atoms with E-state index >= 15 is 0 Å². The van der Waals surface area contributed by atoms with Gasteiger partial charge in [0.2, 0.25) is 11.9 Å². The van der Waals surface area contributed by atoms with Gasteiger partial charge in [0.1, 0.15) is 11.9 Å². The third-order valence-corrected chi connectivity index (χ3v) is 8.42. The van der Waals surface area contributed by atoms with E-state index in [2.05, 4.69) is 61.5 Å². The van der Waals surface area contributed by atoms with Gasteiger partial charge in [-0.1, -0.05) is 18.2 Å². The van der Waals surface area contributed by atoms with Gasteiger partial charge in [-0.2, -0.15) is 5.10 Å². The molecule has 1 fully saturated rings. The van der Waals surface area contributed by atoms with Crippen LogP contribution in [0.4, 0.5) is 23.1 Å². The van der Waals surface area contributed by atoms with E-state index in [0.29, 0.717) is 24.9 Å². The second-order valence-electron chi connectivity index (χ2n) is 11.6. The SMILES string of the molecule is CCN(CC)c1cccc(OC2CCN(CC(=O)Nc3cccc4c(-c5nc(Nc6cc(C)n(C)n6)ncc5C)c[nH]c34)C2)c1. The lowest BCUT2D eigenvalue weighted by Crippen LogP contribution is -2.33. The van der Waals surface area contributed by atoms with Crippen molar-refractivity contribution in [2.75, 3.05) is 48.3 Å². The maximum absolute atomic E-state index is 13.2. The second kappa shape index (κ2) is 13.0. The molecule has 0 spiro atoms. The number of nitrogens with zero attached hydrogens (tertiary/aromatic N) is 6. The zero-order valence-corrected chi connectivity index (χ0v) is 26.6. The number of aromatic nitrogens is 5. The van der Waals surface area contributed by atoms with Crippen LogP contribution < -0.4 is 20.3 Å². The lowest BCUT2D eigenvalue weighted by molar-refractivity contribution is -0.117. The summed E-state index contributed by atoms with van der Waals surface area (Å²) in [6.07, 6.45) is 4.67. The molecule has 0 radical (unpaired) electrons. The van der Waals surface area contributed by atoms with Gasteiger partial charge in [0.15, 0.2) is 5.82 Å². The predicted octanol–water partition coefficient (Wildman–Crippen LogP) is 5.66. The highest BCUT2D eigenvalue weighted by atomic mass is 16.5. The fourth-order valence-corrected chi connectivity index (χ4v) is 5.93. The zero-order valence-electron chi connectivity index (χ0n) is 26.6. The second-order valence-corrected chi connectivity index (χ2v) is 11.6. The van der Waals surface area contributed by atoms with Crippen LogP contribution in [-0.2, 0) is 11.8 Å². The lowest BCUT2D eigenvalue weighted by Gasteiger charge is -2.22. The zero-order chi connectivity index (χ0) is 31.5. The van der Waals surface area contributed by atoms with Crippen LogP contribution in [0.5, 0.6) is 5.75 Å². The van der Waals surface area contributed by atoms with Gasteiger partial charge in [-0.05, 0) is 57.9 Å². The predicted molar refractivity (Wildman–Crippen MR) is 179 cm³/mol. The third-order valence-electron chi connectivity index (χ3n) is 8.42. The monoisotopic (exact) mass is 607 g/mol. The van der Waals surface area contributed by atoms with Gasteiger partial charge < -0.3 is 25.3 Å². The summed E-state index contributed by atoms with van der Waals surface area (Å²) in [5, 5.41) is 11.8. The number of benzene rings is 2. The first-order valence-corrected chi connectivity index (χ1v) is 15.6. The average Bonchev–Trinajstić information content (AvgIpc) is 3.74. The highest BCUT2D eigenvalue weighted by Crippen LogP contribution is 2.33. The van der Waals surface area contributed by atoms with Crippen molar-refractivity contribution in [2.24, 2.45) is 7.05 Å². The molecule has 0 bridgehead atoms. The smallest absolute Gasteiger partial charge is 0.238 e. The molecule has 234 valence electrons. The number of ether oxygens (including phenoxy) is 1. The first-order valence-electron chi connectivity index (χ1n) is 15.6. The topological polar surface area (TPSA) is 116 Å². The van der Waals surface area contributed by atoms with E-state index in [1.54, 1.807) is 10.9 Å². The molecule has 1 amide bonds. The highest BCUT2D eigenvalue weighted by Gasteiger charge is 2.26. The molecule has 1 aliphatic rings. The number of carbonyl (C=O) groups excluding carboxylic acids is 1. The van der Waals surface area contributed by atoms with Crippen molar-refractivity contribution in [2.45, 2.75) is 40.2 Å². The number of hydrogen-bond donors (Lipinski definition) is 3. The highest BCUT2D eigenvalue weighted by molar-refractivity contribution is 6.06. The Kier molecular flexibility index (Phi) is 8.70. The minimum absolute atomic E-state index is 0.0522. The number of carbonyl (C=O) groups is 1. The summed E-state index contributed by atoms with van der Waals surface area (Å²) < 4.78 is 8.12. The fraction of sp³-hybridized carbons (Fsp3) is 0.353. The molecule has 2 aromatic carbocycles. The number of H-pyrrole nitrogens is 1. The first-order chi connectivity index (χ1) is 21.8. The summed E-state index contributed by atoms with van der Waals surface area (Å²) in [5.41, 5.74) is 6.47. The number of fused-ring (bicyclic) bond motifs is 1. The van der Waals surface area contributed by atoms with Crippen LogP contribution in [0.25, 0.3) is 22.2 Å². The maximum Gasteiger partial charge on any atom is 0.238 e. The number of amides is 1. The van der Waals surface area contributed by atoms with Crippen molar-refractivity contribution < 1.29 is 9.53 Å². The molecular formula is C34H41N9O2. The largest absolute Gasteiger partial charge is 0.489 e. The lowest BCUT2D eigenvalue weighted by atomic mass is 10.1. The van der Waals surface area contributed by atoms with Crippen LogP contribution in [0.2, 0.25) is 0 Å². The van der Waals surface area contributed by atoms with E-state index in [0.717, 1.165) is 70.9 Å². The van der Waals surface area contributed by atoms with Crippen molar-refractivity contribution in [3.05, 3.63) is 72.2 Å². The van der Waals surface area contributed by atoms with Crippen LogP contribution >= 0.6 is 0 Å². The van der Waals surface area contributed by atoms with Crippen LogP contribution in [0, 0.1) is 13.8 Å². The van der Waals surface area contributed by atoms with Crippen molar-refractivity contribution in [1.82, 2.24) is 29.6 Å². The molecule has 1 aliphatic heterocycles. The van der Waals surface area contributed by atoms with Gasteiger partial charge >= 0.3 is 0 Å². The number of anilines is 4. The number of hydrogen-bond acceptors (Lipinski definition) is 8. The third kappa shape index (κ3) is 6.63. The average molecular weight is 608 g/mol. The Morgan fingerprint density at radius 2 is 1.96 bits per heavy atom. The molecule has 1 atom stereocenters. The summed E-state index contributed by atoms with van der Waals surface area (Å²) in [6.45, 7) is 12.0. The summed E-state index contributed by atoms with van der Waals surface area (Å²) >= 11 is 0. The van der Waals surface area contributed by atoms with Crippen molar-refractivity contribution in [3.8, 4) is 17.0 Å². The van der Waals surface area contributed by atoms with Crippen LogP contribution in [0.1, 0.15) is 31.5 Å². The van der Waals surface area contributed by atoms with Crippen molar-refractivity contribution in [3.63, 3.8) is 0 Å². The molecular weight excluding hydrogens is 566 g/mol. The van der Waals surface area contributed by atoms with E-state index in [-0.39, 0.29) is 12.0 Å². The van der Waals surface area contributed by atoms with Crippen LogP contribution in [0.3, 0.4) is 0 Å². The molecule has 4 heterocycles. The number of aryl methyl sites for hydroxylation is 3. The first kappa shape index (κ1) is 30.1. The van der Waals surface area contributed by atoms with Gasteiger partial charge in [-0.15, -0.1) is 0 Å². The number of nitrogens with one attached hydrogen (secondary N) is 3. The van der Waals surface area contributed by atoms with Crippen molar-refractivity contribution in [1.29, 1.82) is 0 Å². The molecule has 1 unspecified atom stereocenters. The Hall–Kier alpha value is -4.90. The fourth-order valence-electron chi connectivity index (χ4n) is 5.93. The molecule has 11 nitrogen and oxygen atoms in total. The normalized spacial score (nSPS) is 15.0. The Bertz CT molecular complexity index is 1790. The molecule has 6 rings (SSSR count). The Labute approximate surface area is 263 Å². The van der Waals surface area contributed by atoms with E-state index < -0.39 is 0 Å². The molecule has 0 aliphatic carbocycles. The Morgan fingerprint density at radius 1 is 1.13 bits per heavy atom. The maximum atomic E-state index is 13.2. The van der Waals surface area contributed by atoms with Gasteiger partial charge in [-0.3, -0.25) is 14.4 Å².